The molecule has 0 radical (unpaired) electrons. The zero-order valence-corrected chi connectivity index (χ0v) is 12.3. The Morgan fingerprint density at radius 2 is 2.05 bits per heavy atom. The second-order valence-corrected chi connectivity index (χ2v) is 5.46. The second-order valence-electron chi connectivity index (χ2n) is 5.46. The molecule has 0 bridgehead atoms. The molecule has 2 rings (SSSR count). The highest BCUT2D eigenvalue weighted by molar-refractivity contribution is 5.91. The average Bonchev–Trinajstić information content (AvgIpc) is 2.90. The van der Waals surface area contributed by atoms with Crippen LogP contribution in [0.25, 0.3) is 0 Å². The molecule has 1 aliphatic rings. The van der Waals surface area contributed by atoms with Gasteiger partial charge in [-0.05, 0) is 20.9 Å². The Bertz CT molecular complexity index is 448. The van der Waals surface area contributed by atoms with Crippen molar-refractivity contribution < 1.29 is 4.79 Å². The van der Waals surface area contributed by atoms with Crippen LogP contribution in [-0.2, 0) is 6.54 Å². The van der Waals surface area contributed by atoms with E-state index >= 15 is 0 Å². The number of nitrogen functional groups attached to an aromatic ring is 1. The minimum atomic E-state index is -0.418. The van der Waals surface area contributed by atoms with Gasteiger partial charge in [0.2, 0.25) is 0 Å². The molecule has 0 spiro atoms. The van der Waals surface area contributed by atoms with Crippen molar-refractivity contribution in [3.05, 3.63) is 11.9 Å². The lowest BCUT2D eigenvalue weighted by atomic mass is 10.1. The van der Waals surface area contributed by atoms with Gasteiger partial charge in [0.1, 0.15) is 0 Å². The van der Waals surface area contributed by atoms with Crippen LogP contribution >= 0.6 is 0 Å². The number of amides is 1. The highest BCUT2D eigenvalue weighted by Gasteiger charge is 2.26. The van der Waals surface area contributed by atoms with E-state index in [2.05, 4.69) is 41.0 Å². The van der Waals surface area contributed by atoms with Crippen LogP contribution in [-0.4, -0.2) is 69.5 Å². The van der Waals surface area contributed by atoms with Crippen molar-refractivity contribution in [1.29, 1.82) is 0 Å². The van der Waals surface area contributed by atoms with Crippen molar-refractivity contribution >= 4 is 5.91 Å². The Labute approximate surface area is 118 Å². The number of hydrogen-bond acceptors (Lipinski definition) is 6. The molecule has 0 saturated carbocycles. The lowest BCUT2D eigenvalue weighted by Crippen LogP contribution is -2.55. The van der Waals surface area contributed by atoms with Crippen LogP contribution in [0.1, 0.15) is 24.3 Å². The normalized spacial score (nSPS) is 24.8. The SMILES string of the molecule is CC1CN(CCn2cc(C(=O)NN)nn2)CC(C)N1C. The summed E-state index contributed by atoms with van der Waals surface area (Å²) in [5.74, 6) is 4.64. The van der Waals surface area contributed by atoms with Gasteiger partial charge in [-0.15, -0.1) is 5.10 Å². The molecule has 20 heavy (non-hydrogen) atoms. The summed E-state index contributed by atoms with van der Waals surface area (Å²) in [7, 11) is 2.17. The largest absolute Gasteiger partial charge is 0.298 e. The monoisotopic (exact) mass is 281 g/mol. The Kier molecular flexibility index (Phi) is 4.69. The molecule has 0 aromatic carbocycles. The first-order chi connectivity index (χ1) is 9.51. The molecule has 1 fully saturated rings. The number of hydrazine groups is 1. The van der Waals surface area contributed by atoms with Crippen molar-refractivity contribution in [2.45, 2.75) is 32.5 Å². The van der Waals surface area contributed by atoms with Gasteiger partial charge in [-0.2, -0.15) is 0 Å². The Hall–Kier alpha value is -1.51. The molecule has 8 nitrogen and oxygen atoms in total. The summed E-state index contributed by atoms with van der Waals surface area (Å²) in [4.78, 5) is 16.1. The van der Waals surface area contributed by atoms with E-state index in [9.17, 15) is 4.79 Å². The zero-order valence-electron chi connectivity index (χ0n) is 12.3. The molecular weight excluding hydrogens is 258 g/mol. The van der Waals surface area contributed by atoms with Crippen LogP contribution in [0.4, 0.5) is 0 Å². The quantitative estimate of drug-likeness (QED) is 0.414. The number of hydrogen-bond donors (Lipinski definition) is 2. The number of carbonyl (C=O) groups is 1. The van der Waals surface area contributed by atoms with Gasteiger partial charge >= 0.3 is 0 Å². The summed E-state index contributed by atoms with van der Waals surface area (Å²) in [6.07, 6.45) is 1.62. The van der Waals surface area contributed by atoms with Crippen molar-refractivity contribution in [3.8, 4) is 0 Å². The number of piperazine rings is 1. The summed E-state index contributed by atoms with van der Waals surface area (Å²) >= 11 is 0. The highest BCUT2D eigenvalue weighted by Crippen LogP contribution is 2.12. The second kappa shape index (κ2) is 6.29. The standard InChI is InChI=1S/C12H23N7O/c1-9-6-18(7-10(2)17(9)3)4-5-19-8-11(15-16-19)12(20)14-13/h8-10H,4-7,13H2,1-3H3,(H,14,20). The highest BCUT2D eigenvalue weighted by atomic mass is 16.2. The number of nitrogens with two attached hydrogens (primary N) is 1. The predicted molar refractivity (Wildman–Crippen MR) is 74.8 cm³/mol. The first-order valence-corrected chi connectivity index (χ1v) is 6.86. The number of nitrogens with one attached hydrogen (secondary N) is 1. The Morgan fingerprint density at radius 3 is 2.65 bits per heavy atom. The molecule has 2 atom stereocenters. The van der Waals surface area contributed by atoms with Crippen LogP contribution in [0, 0.1) is 0 Å². The van der Waals surface area contributed by atoms with E-state index in [1.165, 1.54) is 0 Å². The summed E-state index contributed by atoms with van der Waals surface area (Å²) in [6, 6.07) is 1.10. The van der Waals surface area contributed by atoms with Gasteiger partial charge in [0, 0.05) is 31.7 Å². The van der Waals surface area contributed by atoms with Gasteiger partial charge in [-0.1, -0.05) is 5.21 Å². The number of rotatable bonds is 4. The summed E-state index contributed by atoms with van der Waals surface area (Å²) in [6.45, 7) is 8.19. The fraction of sp³-hybridized carbons (Fsp3) is 0.750. The van der Waals surface area contributed by atoms with Crippen molar-refractivity contribution in [3.63, 3.8) is 0 Å². The zero-order chi connectivity index (χ0) is 14.7. The van der Waals surface area contributed by atoms with E-state index < -0.39 is 5.91 Å². The number of aromatic nitrogens is 3. The minimum absolute atomic E-state index is 0.243. The number of nitrogens with zero attached hydrogens (tertiary/aromatic N) is 5. The first kappa shape index (κ1) is 14.9. The van der Waals surface area contributed by atoms with Crippen LogP contribution in [0.15, 0.2) is 6.20 Å². The fourth-order valence-corrected chi connectivity index (χ4v) is 2.53. The van der Waals surface area contributed by atoms with E-state index in [0.717, 1.165) is 19.6 Å². The molecule has 8 heteroatoms. The number of likely N-dealkylation sites (N-methyl/N-ethyl adjacent to an activating group) is 1. The van der Waals surface area contributed by atoms with Crippen LogP contribution < -0.4 is 11.3 Å². The van der Waals surface area contributed by atoms with Crippen molar-refractivity contribution in [2.24, 2.45) is 5.84 Å². The van der Waals surface area contributed by atoms with E-state index in [1.54, 1.807) is 10.9 Å². The molecule has 2 heterocycles. The average molecular weight is 281 g/mol. The maximum atomic E-state index is 11.3. The van der Waals surface area contributed by atoms with Crippen molar-refractivity contribution in [2.75, 3.05) is 26.7 Å². The smallest absolute Gasteiger partial charge is 0.287 e. The first-order valence-electron chi connectivity index (χ1n) is 6.86. The molecular formula is C12H23N7O. The Morgan fingerprint density at radius 1 is 1.40 bits per heavy atom. The van der Waals surface area contributed by atoms with Crippen LogP contribution in [0.2, 0.25) is 0 Å². The van der Waals surface area contributed by atoms with Crippen molar-refractivity contribution in [1.82, 2.24) is 30.2 Å². The maximum absolute atomic E-state index is 11.3. The molecule has 1 aromatic rings. The van der Waals surface area contributed by atoms with Gasteiger partial charge in [-0.3, -0.25) is 24.7 Å². The van der Waals surface area contributed by atoms with E-state index in [-0.39, 0.29) is 5.69 Å². The minimum Gasteiger partial charge on any atom is -0.298 e. The molecule has 1 aromatic heterocycles. The van der Waals surface area contributed by atoms with Gasteiger partial charge < -0.3 is 0 Å². The maximum Gasteiger partial charge on any atom is 0.287 e. The van der Waals surface area contributed by atoms with E-state index in [0.29, 0.717) is 18.6 Å². The molecule has 3 N–H and O–H groups in total. The summed E-state index contributed by atoms with van der Waals surface area (Å²) in [5.41, 5.74) is 2.29. The molecule has 2 unspecified atom stereocenters. The third kappa shape index (κ3) is 3.33. The van der Waals surface area contributed by atoms with Gasteiger partial charge in [-0.25, -0.2) is 5.84 Å². The fourth-order valence-electron chi connectivity index (χ4n) is 2.53. The van der Waals surface area contributed by atoms with Gasteiger partial charge in [0.05, 0.1) is 12.7 Å². The van der Waals surface area contributed by atoms with E-state index in [1.807, 2.05) is 5.43 Å². The summed E-state index contributed by atoms with van der Waals surface area (Å²) in [5, 5.41) is 7.72. The molecule has 1 saturated heterocycles. The van der Waals surface area contributed by atoms with Gasteiger partial charge in [0.15, 0.2) is 5.69 Å². The van der Waals surface area contributed by atoms with Crippen LogP contribution in [0.3, 0.4) is 0 Å². The lowest BCUT2D eigenvalue weighted by Gasteiger charge is -2.42. The molecule has 1 aliphatic heterocycles. The molecule has 1 amide bonds. The molecule has 0 aliphatic carbocycles. The number of carbonyl (C=O) groups excluding carboxylic acids is 1. The topological polar surface area (TPSA) is 92.3 Å². The predicted octanol–water partition coefficient (Wildman–Crippen LogP) is -1.09. The third-order valence-corrected chi connectivity index (χ3v) is 3.98. The Balaban J connectivity index is 1.86. The van der Waals surface area contributed by atoms with E-state index in [4.69, 9.17) is 5.84 Å². The third-order valence-electron chi connectivity index (χ3n) is 3.98. The summed E-state index contributed by atoms with van der Waals surface area (Å²) < 4.78 is 1.68. The molecule has 112 valence electrons. The van der Waals surface area contributed by atoms with Gasteiger partial charge in [0.25, 0.3) is 5.91 Å². The van der Waals surface area contributed by atoms with Crippen LogP contribution in [0.5, 0.6) is 0 Å². The lowest BCUT2D eigenvalue weighted by molar-refractivity contribution is 0.0574.